The molecule has 0 aliphatic carbocycles. The number of rotatable bonds is 4. The zero-order valence-corrected chi connectivity index (χ0v) is 14.4. The number of thiazole rings is 1. The van der Waals surface area contributed by atoms with Crippen molar-refractivity contribution < 1.29 is 13.2 Å². The zero-order valence-electron chi connectivity index (χ0n) is 11.9. The number of amides is 1. The fourth-order valence-corrected chi connectivity index (χ4v) is 4.99. The predicted molar refractivity (Wildman–Crippen MR) is 88.0 cm³/mol. The molecule has 0 radical (unpaired) electrons. The number of hydrogen-bond acceptors (Lipinski definition) is 6. The van der Waals surface area contributed by atoms with Gasteiger partial charge in [0.2, 0.25) is 10.0 Å². The van der Waals surface area contributed by atoms with Crippen LogP contribution in [-0.2, 0) is 23.0 Å². The van der Waals surface area contributed by atoms with Crippen molar-refractivity contribution in [3.63, 3.8) is 0 Å². The molecule has 0 fully saturated rings. The number of sulfonamides is 1. The van der Waals surface area contributed by atoms with E-state index in [1.807, 2.05) is 11.4 Å². The molecule has 6 nitrogen and oxygen atoms in total. The molecule has 22 heavy (non-hydrogen) atoms. The first kappa shape index (κ1) is 15.6. The van der Waals surface area contributed by atoms with Gasteiger partial charge in [0.15, 0.2) is 5.13 Å². The van der Waals surface area contributed by atoms with E-state index in [-0.39, 0.29) is 11.7 Å². The van der Waals surface area contributed by atoms with Gasteiger partial charge in [-0.3, -0.25) is 10.1 Å². The van der Waals surface area contributed by atoms with Crippen molar-refractivity contribution in [1.29, 1.82) is 0 Å². The molecule has 1 N–H and O–H groups in total. The molecule has 9 heteroatoms. The molecular weight excluding hydrogens is 342 g/mol. The van der Waals surface area contributed by atoms with Crippen LogP contribution < -0.4 is 5.32 Å². The number of aromatic nitrogens is 1. The van der Waals surface area contributed by atoms with E-state index < -0.39 is 10.0 Å². The normalized spacial score (nSPS) is 15.5. The molecule has 3 heterocycles. The Labute approximate surface area is 136 Å². The Bertz CT molecular complexity index is 781. The van der Waals surface area contributed by atoms with Crippen LogP contribution in [-0.4, -0.2) is 35.9 Å². The van der Waals surface area contributed by atoms with Crippen LogP contribution in [0.2, 0.25) is 0 Å². The topological polar surface area (TPSA) is 79.4 Å². The maximum Gasteiger partial charge on any atom is 0.267 e. The lowest BCUT2D eigenvalue weighted by Crippen LogP contribution is -2.36. The first-order valence-electron chi connectivity index (χ1n) is 6.81. The average Bonchev–Trinajstić information content (AvgIpc) is 3.15. The number of nitrogens with zero attached hydrogens (tertiary/aromatic N) is 2. The molecule has 118 valence electrons. The number of fused-ring (bicyclic) bond motifs is 1. The number of thiophene rings is 1. The minimum absolute atomic E-state index is 0.100. The molecule has 2 aromatic heterocycles. The Morgan fingerprint density at radius 2 is 2.32 bits per heavy atom. The Kier molecular flexibility index (Phi) is 4.31. The number of hydrogen-bond donors (Lipinski definition) is 1. The van der Waals surface area contributed by atoms with Crippen LogP contribution in [0.15, 0.2) is 17.5 Å². The monoisotopic (exact) mass is 357 g/mol. The fraction of sp³-hybridized carbons (Fsp3) is 0.385. The molecule has 3 rings (SSSR count). The van der Waals surface area contributed by atoms with Crippen molar-refractivity contribution in [1.82, 2.24) is 9.29 Å². The molecule has 1 amide bonds. The molecule has 0 saturated carbocycles. The summed E-state index contributed by atoms with van der Waals surface area (Å²) >= 11 is 2.72. The maximum atomic E-state index is 12.0. The summed E-state index contributed by atoms with van der Waals surface area (Å²) in [6.45, 7) is 2.44. The van der Waals surface area contributed by atoms with Crippen molar-refractivity contribution in [3.8, 4) is 0 Å². The highest BCUT2D eigenvalue weighted by molar-refractivity contribution is 7.89. The molecule has 0 atom stereocenters. The summed E-state index contributed by atoms with van der Waals surface area (Å²) in [4.78, 5) is 18.0. The summed E-state index contributed by atoms with van der Waals surface area (Å²) in [6.07, 6.45) is 0.583. The van der Waals surface area contributed by atoms with Gasteiger partial charge >= 0.3 is 0 Å². The Morgan fingerprint density at radius 1 is 1.50 bits per heavy atom. The van der Waals surface area contributed by atoms with Gasteiger partial charge in [0.1, 0.15) is 0 Å². The Morgan fingerprint density at radius 3 is 3.00 bits per heavy atom. The maximum absolute atomic E-state index is 12.0. The van der Waals surface area contributed by atoms with E-state index in [1.54, 1.807) is 13.0 Å². The first-order valence-corrected chi connectivity index (χ1v) is 10.1. The summed E-state index contributed by atoms with van der Waals surface area (Å²) < 4.78 is 25.4. The van der Waals surface area contributed by atoms with Gasteiger partial charge in [-0.15, -0.1) is 22.7 Å². The van der Waals surface area contributed by atoms with E-state index >= 15 is 0 Å². The molecule has 0 spiro atoms. The average molecular weight is 357 g/mol. The SMILES string of the molecule is CCS(=O)(=O)N1CCc2nc(NC(=O)c3cccs3)sc2C1. The highest BCUT2D eigenvalue weighted by Crippen LogP contribution is 2.30. The van der Waals surface area contributed by atoms with E-state index in [2.05, 4.69) is 10.3 Å². The highest BCUT2D eigenvalue weighted by Gasteiger charge is 2.28. The minimum Gasteiger partial charge on any atom is -0.297 e. The van der Waals surface area contributed by atoms with E-state index in [9.17, 15) is 13.2 Å². The highest BCUT2D eigenvalue weighted by atomic mass is 32.2. The predicted octanol–water partition coefficient (Wildman–Crippen LogP) is 2.16. The van der Waals surface area contributed by atoms with Crippen LogP contribution in [0, 0.1) is 0 Å². The van der Waals surface area contributed by atoms with Crippen LogP contribution in [0.4, 0.5) is 5.13 Å². The minimum atomic E-state index is -3.19. The quantitative estimate of drug-likeness (QED) is 0.909. The number of carbonyl (C=O) groups excluding carboxylic acids is 1. The van der Waals surface area contributed by atoms with Crippen LogP contribution in [0.1, 0.15) is 27.2 Å². The molecule has 2 aromatic rings. The van der Waals surface area contributed by atoms with Crippen LogP contribution >= 0.6 is 22.7 Å². The van der Waals surface area contributed by atoms with Gasteiger partial charge in [-0.1, -0.05) is 6.07 Å². The first-order chi connectivity index (χ1) is 10.5. The third-order valence-electron chi connectivity index (χ3n) is 3.42. The number of anilines is 1. The van der Waals surface area contributed by atoms with E-state index in [1.165, 1.54) is 27.0 Å². The van der Waals surface area contributed by atoms with Crippen molar-refractivity contribution in [2.75, 3.05) is 17.6 Å². The summed E-state index contributed by atoms with van der Waals surface area (Å²) in [7, 11) is -3.19. The van der Waals surface area contributed by atoms with Crippen molar-refractivity contribution in [2.24, 2.45) is 0 Å². The molecule has 1 aliphatic rings. The Balaban J connectivity index is 1.75. The third-order valence-corrected chi connectivity index (χ3v) is 7.11. The second kappa shape index (κ2) is 6.07. The van der Waals surface area contributed by atoms with Crippen molar-refractivity contribution in [3.05, 3.63) is 33.0 Å². The zero-order chi connectivity index (χ0) is 15.7. The molecule has 0 bridgehead atoms. The third kappa shape index (κ3) is 3.07. The van der Waals surface area contributed by atoms with Crippen LogP contribution in [0.3, 0.4) is 0 Å². The summed E-state index contributed by atoms with van der Waals surface area (Å²) in [5.41, 5.74) is 0.883. The molecule has 0 saturated heterocycles. The summed E-state index contributed by atoms with van der Waals surface area (Å²) in [6, 6.07) is 3.57. The second-order valence-electron chi connectivity index (χ2n) is 4.80. The van der Waals surface area contributed by atoms with Gasteiger partial charge in [-0.25, -0.2) is 13.4 Å². The molecular formula is C13H15N3O3S3. The number of carbonyl (C=O) groups is 1. The van der Waals surface area contributed by atoms with Gasteiger partial charge in [0.05, 0.1) is 16.3 Å². The standard InChI is InChI=1S/C13H15N3O3S3/c1-2-22(18,19)16-6-5-9-11(8-16)21-13(14-9)15-12(17)10-4-3-7-20-10/h3-4,7H,2,5-6,8H2,1H3,(H,14,15,17). The lowest BCUT2D eigenvalue weighted by molar-refractivity contribution is 0.103. The lowest BCUT2D eigenvalue weighted by Gasteiger charge is -2.24. The molecule has 0 aromatic carbocycles. The van der Waals surface area contributed by atoms with E-state index in [0.29, 0.717) is 29.5 Å². The van der Waals surface area contributed by atoms with Gasteiger partial charge in [0, 0.05) is 24.4 Å². The van der Waals surface area contributed by atoms with Gasteiger partial charge in [-0.05, 0) is 18.4 Å². The molecule has 1 aliphatic heterocycles. The van der Waals surface area contributed by atoms with Crippen LogP contribution in [0.5, 0.6) is 0 Å². The van der Waals surface area contributed by atoms with Gasteiger partial charge in [-0.2, -0.15) is 4.31 Å². The van der Waals surface area contributed by atoms with Gasteiger partial charge in [0.25, 0.3) is 5.91 Å². The second-order valence-corrected chi connectivity index (χ2v) is 9.09. The van der Waals surface area contributed by atoms with E-state index in [4.69, 9.17) is 0 Å². The van der Waals surface area contributed by atoms with Crippen LogP contribution in [0.25, 0.3) is 0 Å². The van der Waals surface area contributed by atoms with Gasteiger partial charge < -0.3 is 0 Å². The summed E-state index contributed by atoms with van der Waals surface area (Å²) in [5.74, 6) is -0.0811. The van der Waals surface area contributed by atoms with E-state index in [0.717, 1.165) is 10.6 Å². The van der Waals surface area contributed by atoms with Crippen molar-refractivity contribution in [2.45, 2.75) is 19.9 Å². The lowest BCUT2D eigenvalue weighted by atomic mass is 10.2. The number of nitrogens with one attached hydrogen (secondary N) is 1. The smallest absolute Gasteiger partial charge is 0.267 e. The fourth-order valence-electron chi connectivity index (χ4n) is 2.21. The van der Waals surface area contributed by atoms with Crippen molar-refractivity contribution >= 4 is 43.7 Å². The Hall–Kier alpha value is -1.29. The largest absolute Gasteiger partial charge is 0.297 e. The summed E-state index contributed by atoms with van der Waals surface area (Å²) in [5, 5.41) is 5.15. The molecule has 0 unspecified atom stereocenters.